The second kappa shape index (κ2) is 4.03. The van der Waals surface area contributed by atoms with Crippen LogP contribution in [0.15, 0.2) is 11.3 Å². The SMILES string of the molecule is Cc1c2ncnc1N[C@@H](C)C(C)N=C(F)N2. The molecule has 1 aliphatic heterocycles. The number of nitrogens with zero attached hydrogens (tertiary/aromatic N) is 3. The van der Waals surface area contributed by atoms with E-state index in [0.717, 1.165) is 5.56 Å². The van der Waals surface area contributed by atoms with E-state index in [1.807, 2.05) is 20.8 Å². The van der Waals surface area contributed by atoms with Crippen molar-refractivity contribution in [3.8, 4) is 0 Å². The zero-order valence-electron chi connectivity index (χ0n) is 9.45. The van der Waals surface area contributed by atoms with Gasteiger partial charge in [-0.2, -0.15) is 4.39 Å². The Kier molecular flexibility index (Phi) is 2.72. The van der Waals surface area contributed by atoms with Crippen LogP contribution in [0.3, 0.4) is 0 Å². The second-order valence-corrected chi connectivity index (χ2v) is 3.91. The first-order valence-electron chi connectivity index (χ1n) is 5.16. The first-order chi connectivity index (χ1) is 7.58. The van der Waals surface area contributed by atoms with Crippen molar-refractivity contribution in [2.75, 3.05) is 10.6 Å². The number of amidine groups is 1. The van der Waals surface area contributed by atoms with E-state index in [1.165, 1.54) is 6.33 Å². The third-order valence-corrected chi connectivity index (χ3v) is 2.71. The zero-order valence-corrected chi connectivity index (χ0v) is 9.45. The minimum Gasteiger partial charge on any atom is -0.365 e. The summed E-state index contributed by atoms with van der Waals surface area (Å²) in [5, 5.41) is 5.73. The van der Waals surface area contributed by atoms with Crippen molar-refractivity contribution in [3.05, 3.63) is 11.9 Å². The van der Waals surface area contributed by atoms with Gasteiger partial charge in [0.1, 0.15) is 18.0 Å². The van der Waals surface area contributed by atoms with Crippen LogP contribution in [0.25, 0.3) is 0 Å². The van der Waals surface area contributed by atoms with Crippen LogP contribution >= 0.6 is 0 Å². The smallest absolute Gasteiger partial charge is 0.283 e. The molecule has 0 fully saturated rings. The van der Waals surface area contributed by atoms with Gasteiger partial charge in [0.25, 0.3) is 6.09 Å². The van der Waals surface area contributed by atoms with Crippen molar-refractivity contribution in [1.29, 1.82) is 0 Å². The normalized spacial score (nSPS) is 24.4. The summed E-state index contributed by atoms with van der Waals surface area (Å²) in [4.78, 5) is 12.0. The molecule has 1 aromatic heterocycles. The Morgan fingerprint density at radius 3 is 2.69 bits per heavy atom. The number of hydrogen-bond acceptors (Lipinski definition) is 5. The molecule has 6 heteroatoms. The van der Waals surface area contributed by atoms with Gasteiger partial charge in [-0.1, -0.05) is 0 Å². The fourth-order valence-corrected chi connectivity index (χ4v) is 1.48. The number of aliphatic imine (C=N–C) groups is 1. The molecule has 16 heavy (non-hydrogen) atoms. The van der Waals surface area contributed by atoms with E-state index < -0.39 is 6.09 Å². The van der Waals surface area contributed by atoms with Gasteiger partial charge in [-0.3, -0.25) is 0 Å². The molecule has 0 spiro atoms. The van der Waals surface area contributed by atoms with E-state index in [2.05, 4.69) is 25.6 Å². The maximum Gasteiger partial charge on any atom is 0.283 e. The number of nitrogens with one attached hydrogen (secondary N) is 2. The van der Waals surface area contributed by atoms with Gasteiger partial charge in [0.05, 0.1) is 6.04 Å². The quantitative estimate of drug-likeness (QED) is 0.657. The van der Waals surface area contributed by atoms with Crippen LogP contribution in [-0.4, -0.2) is 28.1 Å². The van der Waals surface area contributed by atoms with Gasteiger partial charge < -0.3 is 10.6 Å². The average molecular weight is 223 g/mol. The number of aromatic nitrogens is 2. The van der Waals surface area contributed by atoms with Gasteiger partial charge in [-0.05, 0) is 20.8 Å². The standard InChI is InChI=1S/C10H14FN5/c1-5-8-12-4-13-9(5)16-10(11)15-7(3)6(2)14-8/h4,6-7H,1-3H3,(H2,12,13,14,15,16)/t6-,7?/m0/s1. The molecular formula is C10H14FN5. The summed E-state index contributed by atoms with van der Waals surface area (Å²) in [5.74, 6) is 1.15. The minimum atomic E-state index is -0.615. The van der Waals surface area contributed by atoms with Crippen LogP contribution in [0.4, 0.5) is 16.0 Å². The van der Waals surface area contributed by atoms with Crippen LogP contribution in [0, 0.1) is 6.92 Å². The summed E-state index contributed by atoms with van der Waals surface area (Å²) >= 11 is 0. The molecule has 0 saturated heterocycles. The number of rotatable bonds is 0. The zero-order chi connectivity index (χ0) is 11.7. The lowest BCUT2D eigenvalue weighted by atomic mass is 10.2. The van der Waals surface area contributed by atoms with Crippen molar-refractivity contribution in [2.24, 2.45) is 4.99 Å². The molecule has 2 atom stereocenters. The lowest BCUT2D eigenvalue weighted by molar-refractivity contribution is 0.623. The largest absolute Gasteiger partial charge is 0.365 e. The molecule has 0 radical (unpaired) electrons. The fourth-order valence-electron chi connectivity index (χ4n) is 1.48. The predicted octanol–water partition coefficient (Wildman–Crippen LogP) is 1.72. The number of hydrogen-bond donors (Lipinski definition) is 2. The monoisotopic (exact) mass is 223 g/mol. The van der Waals surface area contributed by atoms with E-state index in [1.54, 1.807) is 0 Å². The lowest BCUT2D eigenvalue weighted by Gasteiger charge is -2.18. The molecule has 1 aliphatic rings. The molecule has 1 unspecified atom stereocenters. The van der Waals surface area contributed by atoms with Gasteiger partial charge in [-0.25, -0.2) is 15.0 Å². The molecule has 86 valence electrons. The first kappa shape index (κ1) is 10.8. The van der Waals surface area contributed by atoms with Crippen molar-refractivity contribution in [1.82, 2.24) is 9.97 Å². The molecule has 2 bridgehead atoms. The summed E-state index contributed by atoms with van der Waals surface area (Å²) in [7, 11) is 0. The predicted molar refractivity (Wildman–Crippen MR) is 61.5 cm³/mol. The van der Waals surface area contributed by atoms with Crippen LogP contribution in [0.5, 0.6) is 0 Å². The Morgan fingerprint density at radius 1 is 1.25 bits per heavy atom. The highest BCUT2D eigenvalue weighted by atomic mass is 19.1. The topological polar surface area (TPSA) is 62.2 Å². The lowest BCUT2D eigenvalue weighted by Crippen LogP contribution is -2.28. The Hall–Kier alpha value is -1.72. The molecule has 1 aromatic rings. The molecule has 5 nitrogen and oxygen atoms in total. The highest BCUT2D eigenvalue weighted by Gasteiger charge is 2.18. The Balaban J connectivity index is 2.47. The third-order valence-electron chi connectivity index (χ3n) is 2.71. The van der Waals surface area contributed by atoms with Crippen LogP contribution in [0.1, 0.15) is 19.4 Å². The molecule has 2 N–H and O–H groups in total. The van der Waals surface area contributed by atoms with Crippen molar-refractivity contribution < 1.29 is 4.39 Å². The maximum atomic E-state index is 13.5. The van der Waals surface area contributed by atoms with Crippen LogP contribution in [-0.2, 0) is 0 Å². The Labute approximate surface area is 93.2 Å². The van der Waals surface area contributed by atoms with Gasteiger partial charge in [0.2, 0.25) is 0 Å². The molecule has 2 heterocycles. The van der Waals surface area contributed by atoms with E-state index in [0.29, 0.717) is 11.6 Å². The van der Waals surface area contributed by atoms with Crippen molar-refractivity contribution in [3.63, 3.8) is 0 Å². The fraction of sp³-hybridized carbons (Fsp3) is 0.500. The van der Waals surface area contributed by atoms with Gasteiger partial charge in [-0.15, -0.1) is 0 Å². The van der Waals surface area contributed by atoms with Gasteiger partial charge in [0.15, 0.2) is 0 Å². The highest BCUT2D eigenvalue weighted by molar-refractivity contribution is 5.88. The maximum absolute atomic E-state index is 13.5. The molecule has 2 rings (SSSR count). The summed E-state index contributed by atoms with van der Waals surface area (Å²) in [6, 6.07) is -0.171. The van der Waals surface area contributed by atoms with E-state index in [9.17, 15) is 4.39 Å². The molecule has 0 amide bonds. The second-order valence-electron chi connectivity index (χ2n) is 3.91. The Morgan fingerprint density at radius 2 is 1.94 bits per heavy atom. The summed E-state index contributed by atoms with van der Waals surface area (Å²) in [6.07, 6.45) is 0.781. The molecule has 0 saturated carbocycles. The van der Waals surface area contributed by atoms with Crippen molar-refractivity contribution >= 4 is 17.7 Å². The van der Waals surface area contributed by atoms with Crippen molar-refractivity contribution in [2.45, 2.75) is 32.9 Å². The van der Waals surface area contributed by atoms with Crippen LogP contribution < -0.4 is 10.6 Å². The van der Waals surface area contributed by atoms with Gasteiger partial charge >= 0.3 is 0 Å². The number of anilines is 2. The molecule has 0 aliphatic carbocycles. The van der Waals surface area contributed by atoms with E-state index >= 15 is 0 Å². The molecular weight excluding hydrogens is 209 g/mol. The first-order valence-corrected chi connectivity index (χ1v) is 5.16. The number of fused-ring (bicyclic) bond motifs is 2. The molecule has 0 aromatic carbocycles. The summed E-state index contributed by atoms with van der Waals surface area (Å²) < 4.78 is 13.5. The van der Waals surface area contributed by atoms with E-state index in [4.69, 9.17) is 0 Å². The van der Waals surface area contributed by atoms with E-state index in [-0.39, 0.29) is 12.1 Å². The third kappa shape index (κ3) is 1.95. The van der Waals surface area contributed by atoms with Crippen LogP contribution in [0.2, 0.25) is 0 Å². The summed E-state index contributed by atoms with van der Waals surface area (Å²) in [5.41, 5.74) is 0.786. The minimum absolute atomic E-state index is 0.00657. The highest BCUT2D eigenvalue weighted by Crippen LogP contribution is 2.21. The number of halogens is 1. The summed E-state index contributed by atoms with van der Waals surface area (Å²) in [6.45, 7) is 5.62. The van der Waals surface area contributed by atoms with Gasteiger partial charge in [0, 0.05) is 11.6 Å². The average Bonchev–Trinajstić information content (AvgIpc) is 2.25. The Bertz CT molecular complexity index is 431.